The third-order valence-corrected chi connectivity index (χ3v) is 7.20. The molecule has 2 atom stereocenters. The van der Waals surface area contributed by atoms with Gasteiger partial charge in [-0.2, -0.15) is 5.10 Å². The first kappa shape index (κ1) is 20.0. The van der Waals surface area contributed by atoms with Crippen LogP contribution in [0.25, 0.3) is 11.0 Å². The molecule has 158 valence electrons. The molecule has 0 spiro atoms. The number of hydrogen-bond acceptors (Lipinski definition) is 4. The van der Waals surface area contributed by atoms with Crippen molar-refractivity contribution >= 4 is 34.2 Å². The summed E-state index contributed by atoms with van der Waals surface area (Å²) in [5.74, 6) is 1.29. The van der Waals surface area contributed by atoms with Crippen LogP contribution in [0.4, 0.5) is 0 Å². The number of nitrogens with zero attached hydrogens (tertiary/aromatic N) is 4. The van der Waals surface area contributed by atoms with Gasteiger partial charge in [0.05, 0.1) is 12.2 Å². The van der Waals surface area contributed by atoms with Crippen LogP contribution in [0.2, 0.25) is 10.0 Å². The zero-order valence-corrected chi connectivity index (χ0v) is 18.5. The third-order valence-electron chi connectivity index (χ3n) is 6.59. The van der Waals surface area contributed by atoms with Crippen molar-refractivity contribution < 1.29 is 0 Å². The van der Waals surface area contributed by atoms with E-state index in [2.05, 4.69) is 21.9 Å². The fraction of sp³-hybridized carbons (Fsp3) is 0.500. The summed E-state index contributed by atoms with van der Waals surface area (Å²) in [6.07, 6.45) is 6.30. The van der Waals surface area contributed by atoms with Gasteiger partial charge in [0.2, 0.25) is 0 Å². The van der Waals surface area contributed by atoms with E-state index in [4.69, 9.17) is 28.2 Å². The number of aromatic amines is 1. The van der Waals surface area contributed by atoms with E-state index in [-0.39, 0.29) is 11.5 Å². The van der Waals surface area contributed by atoms with Crippen LogP contribution in [0.1, 0.15) is 56.0 Å². The minimum Gasteiger partial charge on any atom is -0.310 e. The van der Waals surface area contributed by atoms with Crippen LogP contribution < -0.4 is 5.56 Å². The normalized spacial score (nSPS) is 23.0. The Balaban J connectivity index is 1.43. The van der Waals surface area contributed by atoms with Gasteiger partial charge >= 0.3 is 0 Å². The Kier molecular flexibility index (Phi) is 5.33. The zero-order valence-electron chi connectivity index (χ0n) is 16.9. The predicted octanol–water partition coefficient (Wildman–Crippen LogP) is 4.78. The van der Waals surface area contributed by atoms with Crippen molar-refractivity contribution in [2.45, 2.75) is 51.1 Å². The molecule has 5 rings (SSSR count). The molecule has 1 aliphatic heterocycles. The number of H-pyrrole nitrogens is 1. The smallest absolute Gasteiger partial charge is 0.262 e. The maximum Gasteiger partial charge on any atom is 0.262 e. The summed E-state index contributed by atoms with van der Waals surface area (Å²) in [5.41, 5.74) is 1.65. The fourth-order valence-corrected chi connectivity index (χ4v) is 5.37. The second-order valence-electron chi connectivity index (χ2n) is 8.73. The van der Waals surface area contributed by atoms with Gasteiger partial charge in [-0.15, -0.1) is 0 Å². The van der Waals surface area contributed by atoms with Crippen LogP contribution in [-0.4, -0.2) is 37.7 Å². The van der Waals surface area contributed by atoms with Crippen molar-refractivity contribution in [2.75, 3.05) is 13.1 Å². The zero-order chi connectivity index (χ0) is 20.8. The van der Waals surface area contributed by atoms with E-state index >= 15 is 0 Å². The molecular formula is C22H25Cl2N5O. The van der Waals surface area contributed by atoms with Crippen molar-refractivity contribution in [3.05, 3.63) is 56.2 Å². The van der Waals surface area contributed by atoms with E-state index in [9.17, 15) is 4.79 Å². The number of nitrogens with one attached hydrogen (secondary N) is 1. The van der Waals surface area contributed by atoms with Crippen molar-refractivity contribution in [2.24, 2.45) is 5.92 Å². The lowest BCUT2D eigenvalue weighted by atomic mass is 9.97. The summed E-state index contributed by atoms with van der Waals surface area (Å²) in [7, 11) is 0. The summed E-state index contributed by atoms with van der Waals surface area (Å²) < 4.78 is 1.98. The monoisotopic (exact) mass is 445 g/mol. The quantitative estimate of drug-likeness (QED) is 0.627. The molecule has 1 saturated carbocycles. The molecule has 3 aromatic rings. The second-order valence-corrected chi connectivity index (χ2v) is 9.57. The largest absolute Gasteiger partial charge is 0.310 e. The van der Waals surface area contributed by atoms with E-state index in [1.165, 1.54) is 12.8 Å². The van der Waals surface area contributed by atoms with Crippen molar-refractivity contribution in [1.82, 2.24) is 24.6 Å². The molecule has 6 nitrogen and oxygen atoms in total. The third kappa shape index (κ3) is 3.66. The van der Waals surface area contributed by atoms with Gasteiger partial charge in [0.1, 0.15) is 11.2 Å². The van der Waals surface area contributed by atoms with E-state index in [0.29, 0.717) is 22.4 Å². The molecule has 1 aromatic carbocycles. The Hall–Kier alpha value is -1.89. The van der Waals surface area contributed by atoms with Crippen molar-refractivity contribution in [1.29, 1.82) is 0 Å². The van der Waals surface area contributed by atoms with Crippen molar-refractivity contribution in [3.63, 3.8) is 0 Å². The van der Waals surface area contributed by atoms with Gasteiger partial charge in [-0.1, -0.05) is 43.0 Å². The average molecular weight is 446 g/mol. The van der Waals surface area contributed by atoms with E-state index < -0.39 is 0 Å². The highest BCUT2D eigenvalue weighted by Crippen LogP contribution is 2.34. The van der Waals surface area contributed by atoms with Crippen molar-refractivity contribution in [3.8, 4) is 0 Å². The average Bonchev–Trinajstić information content (AvgIpc) is 3.44. The highest BCUT2D eigenvalue weighted by Gasteiger charge is 2.33. The number of likely N-dealkylation sites (tertiary alicyclic amines) is 1. The van der Waals surface area contributed by atoms with Crippen LogP contribution in [-0.2, 0) is 6.54 Å². The molecule has 1 N–H and O–H groups in total. The molecule has 2 fully saturated rings. The predicted molar refractivity (Wildman–Crippen MR) is 119 cm³/mol. The number of rotatable bonds is 4. The molecule has 0 bridgehead atoms. The van der Waals surface area contributed by atoms with Crippen LogP contribution in [0.3, 0.4) is 0 Å². The fourth-order valence-electron chi connectivity index (χ4n) is 5.00. The minimum absolute atomic E-state index is 0.0946. The van der Waals surface area contributed by atoms with Gasteiger partial charge in [-0.25, -0.2) is 9.67 Å². The molecule has 0 unspecified atom stereocenters. The van der Waals surface area contributed by atoms with Gasteiger partial charge in [0.25, 0.3) is 5.56 Å². The summed E-state index contributed by atoms with van der Waals surface area (Å²) in [6, 6.07) is 5.92. The Morgan fingerprint density at radius 2 is 2.00 bits per heavy atom. The first-order chi connectivity index (χ1) is 14.5. The SMILES string of the molecule is C[C@@H]1CN(Cc2cc(Cl)ccc2Cl)C[C@H]1c1nc2c(cnn2C2CCCC2)c(=O)[nH]1. The Bertz CT molecular complexity index is 1130. The van der Waals surface area contributed by atoms with Crippen LogP contribution in [0.15, 0.2) is 29.2 Å². The lowest BCUT2D eigenvalue weighted by molar-refractivity contribution is 0.318. The van der Waals surface area contributed by atoms with Gasteiger partial charge in [-0.05, 0) is 42.5 Å². The van der Waals surface area contributed by atoms with E-state index in [0.717, 1.165) is 54.5 Å². The summed E-state index contributed by atoms with van der Waals surface area (Å²) in [5, 5.41) is 6.51. The molecule has 1 saturated heterocycles. The summed E-state index contributed by atoms with van der Waals surface area (Å²) in [6.45, 7) is 4.67. The molecular weight excluding hydrogens is 421 g/mol. The summed E-state index contributed by atoms with van der Waals surface area (Å²) in [4.78, 5) is 23.1. The number of aromatic nitrogens is 4. The lowest BCUT2D eigenvalue weighted by Gasteiger charge is -2.17. The Labute approximate surface area is 185 Å². The standard InChI is InChI=1S/C22H25Cl2N5O/c1-13-10-28(11-14-8-15(23)6-7-19(14)24)12-18(13)20-26-21-17(22(30)27-20)9-25-29(21)16-4-2-3-5-16/h6-9,13,16,18H,2-5,10-12H2,1H3,(H,26,27,30)/t13-,18-/m1/s1. The Morgan fingerprint density at radius 3 is 2.80 bits per heavy atom. The number of benzene rings is 1. The van der Waals surface area contributed by atoms with Crippen LogP contribution in [0, 0.1) is 5.92 Å². The first-order valence-corrected chi connectivity index (χ1v) is 11.4. The van der Waals surface area contributed by atoms with Crippen LogP contribution in [0.5, 0.6) is 0 Å². The molecule has 2 aromatic heterocycles. The van der Waals surface area contributed by atoms with Gasteiger partial charge in [-0.3, -0.25) is 9.69 Å². The topological polar surface area (TPSA) is 66.8 Å². The molecule has 0 amide bonds. The van der Waals surface area contributed by atoms with Gasteiger partial charge in [0, 0.05) is 35.6 Å². The van der Waals surface area contributed by atoms with Gasteiger partial charge < -0.3 is 4.98 Å². The lowest BCUT2D eigenvalue weighted by Crippen LogP contribution is -2.22. The highest BCUT2D eigenvalue weighted by molar-refractivity contribution is 6.33. The molecule has 0 radical (unpaired) electrons. The maximum atomic E-state index is 12.8. The number of fused-ring (bicyclic) bond motifs is 1. The molecule has 2 aliphatic rings. The van der Waals surface area contributed by atoms with E-state index in [1.807, 2.05) is 16.8 Å². The number of hydrogen-bond donors (Lipinski definition) is 1. The first-order valence-electron chi connectivity index (χ1n) is 10.6. The Morgan fingerprint density at radius 1 is 1.20 bits per heavy atom. The molecule has 30 heavy (non-hydrogen) atoms. The second kappa shape index (κ2) is 7.98. The minimum atomic E-state index is -0.0946. The van der Waals surface area contributed by atoms with Gasteiger partial charge in [0.15, 0.2) is 5.65 Å². The highest BCUT2D eigenvalue weighted by atomic mass is 35.5. The summed E-state index contributed by atoms with van der Waals surface area (Å²) >= 11 is 12.5. The molecule has 3 heterocycles. The van der Waals surface area contributed by atoms with E-state index in [1.54, 1.807) is 12.3 Å². The van der Waals surface area contributed by atoms with Crippen LogP contribution >= 0.6 is 23.2 Å². The number of halogens is 2. The molecule has 1 aliphatic carbocycles. The maximum absolute atomic E-state index is 12.8. The molecule has 8 heteroatoms.